The van der Waals surface area contributed by atoms with Crippen molar-refractivity contribution in [1.82, 2.24) is 10.2 Å². The van der Waals surface area contributed by atoms with Crippen molar-refractivity contribution in [3.8, 4) is 0 Å². The van der Waals surface area contributed by atoms with Crippen molar-refractivity contribution in [3.05, 3.63) is 70.5 Å². The topological polar surface area (TPSA) is 52.6 Å². The molecule has 0 aromatic heterocycles. The first-order valence-corrected chi connectivity index (χ1v) is 8.12. The molecular formula is C18H18ClFN2O2. The van der Waals surface area contributed by atoms with Crippen LogP contribution >= 0.6 is 11.6 Å². The van der Waals surface area contributed by atoms with Gasteiger partial charge in [-0.1, -0.05) is 41.9 Å². The number of aliphatic hydroxyl groups is 1. The van der Waals surface area contributed by atoms with Gasteiger partial charge in [-0.15, -0.1) is 0 Å². The lowest BCUT2D eigenvalue weighted by atomic mass is 9.98. The maximum absolute atomic E-state index is 13.2. The average Bonchev–Trinajstić information content (AvgIpc) is 2.53. The van der Waals surface area contributed by atoms with Crippen molar-refractivity contribution < 1.29 is 14.3 Å². The molecule has 0 aliphatic carbocycles. The number of amides is 2. The molecule has 2 amide bonds. The number of rotatable bonds is 4. The van der Waals surface area contributed by atoms with Crippen LogP contribution in [0.25, 0.3) is 0 Å². The molecular weight excluding hydrogens is 331 g/mol. The highest BCUT2D eigenvalue weighted by Crippen LogP contribution is 2.29. The molecule has 0 radical (unpaired) electrons. The number of halogens is 2. The highest BCUT2D eigenvalue weighted by atomic mass is 35.5. The van der Waals surface area contributed by atoms with Crippen LogP contribution in [-0.4, -0.2) is 35.7 Å². The van der Waals surface area contributed by atoms with Crippen LogP contribution in [-0.2, 0) is 0 Å². The molecule has 4 nitrogen and oxygen atoms in total. The Morgan fingerprint density at radius 3 is 2.54 bits per heavy atom. The Morgan fingerprint density at radius 1 is 1.25 bits per heavy atom. The molecule has 1 aliphatic rings. The number of aliphatic hydroxyl groups excluding tert-OH is 1. The maximum atomic E-state index is 13.2. The molecule has 0 spiro atoms. The van der Waals surface area contributed by atoms with Crippen molar-refractivity contribution in [2.75, 3.05) is 19.7 Å². The van der Waals surface area contributed by atoms with E-state index in [1.54, 1.807) is 23.1 Å². The number of likely N-dealkylation sites (tertiary alicyclic amines) is 1. The Hall–Kier alpha value is -2.11. The molecule has 1 fully saturated rings. The molecule has 1 saturated heterocycles. The summed E-state index contributed by atoms with van der Waals surface area (Å²) in [5, 5.41) is 12.6. The van der Waals surface area contributed by atoms with Gasteiger partial charge >= 0.3 is 6.03 Å². The molecule has 2 N–H and O–H groups in total. The smallest absolute Gasteiger partial charge is 0.318 e. The van der Waals surface area contributed by atoms with Crippen LogP contribution in [0.5, 0.6) is 0 Å². The standard InChI is InChI=1S/C18H18ClFN2O2/c19-16-4-2-1-3-15(16)17(13-5-7-14(20)8-6-13)21-18(24)22-9-12(10-22)11-23/h1-8,12,17,23H,9-11H2,(H,21,24). The number of carbonyl (C=O) groups is 1. The molecule has 0 saturated carbocycles. The molecule has 1 aliphatic heterocycles. The zero-order valence-corrected chi connectivity index (χ0v) is 13.7. The highest BCUT2D eigenvalue weighted by molar-refractivity contribution is 6.31. The van der Waals surface area contributed by atoms with E-state index in [4.69, 9.17) is 16.7 Å². The second-order valence-electron chi connectivity index (χ2n) is 5.91. The van der Waals surface area contributed by atoms with Crippen molar-refractivity contribution >= 4 is 17.6 Å². The van der Waals surface area contributed by atoms with E-state index in [2.05, 4.69) is 5.32 Å². The molecule has 24 heavy (non-hydrogen) atoms. The third-order valence-electron chi connectivity index (χ3n) is 4.19. The van der Waals surface area contributed by atoms with Crippen LogP contribution in [0.1, 0.15) is 17.2 Å². The van der Waals surface area contributed by atoms with Gasteiger partial charge in [0.05, 0.1) is 6.04 Å². The van der Waals surface area contributed by atoms with E-state index in [-0.39, 0.29) is 24.4 Å². The Morgan fingerprint density at radius 2 is 1.92 bits per heavy atom. The molecule has 6 heteroatoms. The van der Waals surface area contributed by atoms with Crippen molar-refractivity contribution in [3.63, 3.8) is 0 Å². The third-order valence-corrected chi connectivity index (χ3v) is 4.53. The van der Waals surface area contributed by atoms with Crippen molar-refractivity contribution in [2.24, 2.45) is 5.92 Å². The lowest BCUT2D eigenvalue weighted by Crippen LogP contribution is -2.55. The molecule has 1 unspecified atom stereocenters. The number of benzene rings is 2. The van der Waals surface area contributed by atoms with Gasteiger partial charge in [-0.3, -0.25) is 0 Å². The fraction of sp³-hybridized carbons (Fsp3) is 0.278. The average molecular weight is 349 g/mol. The summed E-state index contributed by atoms with van der Waals surface area (Å²) in [5.74, 6) is -0.197. The first-order valence-electron chi connectivity index (χ1n) is 7.74. The fourth-order valence-corrected chi connectivity index (χ4v) is 3.02. The van der Waals surface area contributed by atoms with Gasteiger partial charge in [0.25, 0.3) is 0 Å². The zero-order valence-electron chi connectivity index (χ0n) is 13.0. The van der Waals surface area contributed by atoms with Gasteiger partial charge in [-0.25, -0.2) is 9.18 Å². The Balaban J connectivity index is 1.84. The SMILES string of the molecule is O=C(NC(c1ccc(F)cc1)c1ccccc1Cl)N1CC(CO)C1. The molecule has 126 valence electrons. The molecule has 1 atom stereocenters. The predicted octanol–water partition coefficient (Wildman–Crippen LogP) is 3.20. The second kappa shape index (κ2) is 7.20. The molecule has 2 aromatic carbocycles. The Kier molecular flexibility index (Phi) is 5.02. The monoisotopic (exact) mass is 348 g/mol. The minimum atomic E-state index is -0.472. The van der Waals surface area contributed by atoms with Gasteiger partial charge in [0.15, 0.2) is 0 Å². The summed E-state index contributed by atoms with van der Waals surface area (Å²) in [7, 11) is 0. The number of nitrogens with zero attached hydrogens (tertiary/aromatic N) is 1. The van der Waals surface area contributed by atoms with E-state index >= 15 is 0 Å². The lowest BCUT2D eigenvalue weighted by Gasteiger charge is -2.39. The van der Waals surface area contributed by atoms with Crippen molar-refractivity contribution in [2.45, 2.75) is 6.04 Å². The maximum Gasteiger partial charge on any atom is 0.318 e. The largest absolute Gasteiger partial charge is 0.396 e. The number of hydrogen-bond acceptors (Lipinski definition) is 2. The predicted molar refractivity (Wildman–Crippen MR) is 90.4 cm³/mol. The van der Waals surface area contributed by atoms with E-state index in [0.717, 1.165) is 11.1 Å². The van der Waals surface area contributed by atoms with Crippen LogP contribution in [0.15, 0.2) is 48.5 Å². The molecule has 3 rings (SSSR count). The summed E-state index contributed by atoms with van der Waals surface area (Å²) in [6, 6.07) is 12.5. The summed E-state index contributed by atoms with van der Waals surface area (Å²) >= 11 is 6.28. The third kappa shape index (κ3) is 3.52. The van der Waals surface area contributed by atoms with Crippen LogP contribution in [0, 0.1) is 11.7 Å². The van der Waals surface area contributed by atoms with Gasteiger partial charge < -0.3 is 15.3 Å². The van der Waals surface area contributed by atoms with Gasteiger partial charge in [-0.2, -0.15) is 0 Å². The summed E-state index contributed by atoms with van der Waals surface area (Å²) < 4.78 is 13.2. The van der Waals surface area contributed by atoms with E-state index in [1.807, 2.05) is 18.2 Å². The highest BCUT2D eigenvalue weighted by Gasteiger charge is 2.31. The fourth-order valence-electron chi connectivity index (χ4n) is 2.77. The number of carbonyl (C=O) groups excluding carboxylic acids is 1. The first kappa shape index (κ1) is 16.7. The van der Waals surface area contributed by atoms with E-state index in [0.29, 0.717) is 18.1 Å². The summed E-state index contributed by atoms with van der Waals surface area (Å²) in [6.45, 7) is 1.14. The normalized spacial score (nSPS) is 15.7. The van der Waals surface area contributed by atoms with Crippen LogP contribution in [0.3, 0.4) is 0 Å². The first-order chi connectivity index (χ1) is 11.6. The van der Waals surface area contributed by atoms with Crippen LogP contribution in [0.2, 0.25) is 5.02 Å². The van der Waals surface area contributed by atoms with Gasteiger partial charge in [0.1, 0.15) is 5.82 Å². The van der Waals surface area contributed by atoms with Gasteiger partial charge in [-0.05, 0) is 29.3 Å². The van der Waals surface area contributed by atoms with Crippen LogP contribution < -0.4 is 5.32 Å². The van der Waals surface area contributed by atoms with Gasteiger partial charge in [0, 0.05) is 30.6 Å². The minimum Gasteiger partial charge on any atom is -0.396 e. The van der Waals surface area contributed by atoms with Gasteiger partial charge in [0.2, 0.25) is 0 Å². The zero-order chi connectivity index (χ0) is 17.1. The summed E-state index contributed by atoms with van der Waals surface area (Å²) in [4.78, 5) is 14.1. The molecule has 0 bridgehead atoms. The van der Waals surface area contributed by atoms with Crippen LogP contribution in [0.4, 0.5) is 9.18 Å². The van der Waals surface area contributed by atoms with Crippen molar-refractivity contribution in [1.29, 1.82) is 0 Å². The number of nitrogens with one attached hydrogen (secondary N) is 1. The summed E-state index contributed by atoms with van der Waals surface area (Å²) in [6.07, 6.45) is 0. The van der Waals surface area contributed by atoms with E-state index in [9.17, 15) is 9.18 Å². The summed E-state index contributed by atoms with van der Waals surface area (Å²) in [5.41, 5.74) is 1.50. The lowest BCUT2D eigenvalue weighted by molar-refractivity contribution is 0.0768. The Labute approximate surface area is 144 Å². The quantitative estimate of drug-likeness (QED) is 0.891. The molecule has 1 heterocycles. The second-order valence-corrected chi connectivity index (χ2v) is 6.32. The van der Waals surface area contributed by atoms with E-state index < -0.39 is 6.04 Å². The minimum absolute atomic E-state index is 0.0791. The Bertz CT molecular complexity index is 717. The number of urea groups is 1. The number of hydrogen-bond donors (Lipinski definition) is 2. The van der Waals surface area contributed by atoms with E-state index in [1.165, 1.54) is 12.1 Å². The molecule has 2 aromatic rings.